The smallest absolute Gasteiger partial charge is 0.341 e. The molecule has 0 aliphatic heterocycles. The number of nitrogens with one attached hydrogen (secondary N) is 1. The number of ether oxygens (including phenoxy) is 2. The minimum absolute atomic E-state index is 0.119. The van der Waals surface area contributed by atoms with Gasteiger partial charge in [0, 0.05) is 59.3 Å². The van der Waals surface area contributed by atoms with Gasteiger partial charge in [-0.2, -0.15) is 0 Å². The van der Waals surface area contributed by atoms with Crippen molar-refractivity contribution in [3.63, 3.8) is 0 Å². The standard InChI is InChI=1S/C30H34N4O6S/c1-4-33(5-2)22-15-14-20(18-31-29-28(30(36)39-6-3)24-12-7-8-13-26(24)41-29)25(17-22)40-19-27(35)32-21-10-9-11-23(16-21)34(37)38/h9-11,14-18H,4-8,12-13,19H2,1-3H3,(H,32,35). The highest BCUT2D eigenvalue weighted by Gasteiger charge is 2.26. The van der Waals surface area contributed by atoms with E-state index in [4.69, 9.17) is 14.5 Å². The Balaban J connectivity index is 1.60. The molecule has 0 unspecified atom stereocenters. The number of benzene rings is 2. The van der Waals surface area contributed by atoms with Gasteiger partial charge in [-0.05, 0) is 70.2 Å². The van der Waals surface area contributed by atoms with Crippen molar-refractivity contribution in [1.29, 1.82) is 0 Å². The maximum atomic E-state index is 12.8. The fourth-order valence-electron chi connectivity index (χ4n) is 4.76. The van der Waals surface area contributed by atoms with Crippen molar-refractivity contribution >= 4 is 51.5 Å². The van der Waals surface area contributed by atoms with E-state index in [1.807, 2.05) is 18.2 Å². The number of nitro groups is 1. The van der Waals surface area contributed by atoms with Gasteiger partial charge in [-0.15, -0.1) is 11.3 Å². The van der Waals surface area contributed by atoms with Gasteiger partial charge in [-0.25, -0.2) is 9.79 Å². The van der Waals surface area contributed by atoms with Gasteiger partial charge in [0.1, 0.15) is 10.8 Å². The zero-order chi connectivity index (χ0) is 29.4. The first-order chi connectivity index (χ1) is 19.8. The molecule has 2 aromatic carbocycles. The minimum atomic E-state index is -0.520. The van der Waals surface area contributed by atoms with Crippen LogP contribution in [0.15, 0.2) is 47.5 Å². The number of nitro benzene ring substituents is 1. The van der Waals surface area contributed by atoms with Gasteiger partial charge in [0.25, 0.3) is 11.6 Å². The average molecular weight is 579 g/mol. The van der Waals surface area contributed by atoms with Crippen LogP contribution in [0, 0.1) is 10.1 Å². The average Bonchev–Trinajstić information content (AvgIpc) is 3.35. The molecular weight excluding hydrogens is 544 g/mol. The van der Waals surface area contributed by atoms with Crippen molar-refractivity contribution in [2.75, 3.05) is 36.5 Å². The Hall–Kier alpha value is -4.25. The lowest BCUT2D eigenvalue weighted by atomic mass is 9.95. The van der Waals surface area contributed by atoms with E-state index >= 15 is 0 Å². The SMILES string of the molecule is CCOC(=O)c1c(N=Cc2ccc(N(CC)CC)cc2OCC(=O)Nc2cccc([N+](=O)[O-])c2)sc2c1CCCC2. The molecule has 1 heterocycles. The van der Waals surface area contributed by atoms with E-state index in [1.54, 1.807) is 19.2 Å². The zero-order valence-corrected chi connectivity index (χ0v) is 24.3. The third kappa shape index (κ3) is 7.29. The van der Waals surface area contributed by atoms with Crippen LogP contribution in [0.3, 0.4) is 0 Å². The van der Waals surface area contributed by atoms with Gasteiger partial charge in [0.2, 0.25) is 0 Å². The summed E-state index contributed by atoms with van der Waals surface area (Å²) >= 11 is 1.52. The van der Waals surface area contributed by atoms with Crippen LogP contribution >= 0.6 is 11.3 Å². The Morgan fingerprint density at radius 2 is 1.90 bits per heavy atom. The lowest BCUT2D eigenvalue weighted by Crippen LogP contribution is -2.23. The molecule has 0 bridgehead atoms. The van der Waals surface area contributed by atoms with Crippen molar-refractivity contribution in [3.05, 3.63) is 74.1 Å². The van der Waals surface area contributed by atoms with Crippen LogP contribution in [-0.2, 0) is 22.4 Å². The van der Waals surface area contributed by atoms with Gasteiger partial charge in [0.05, 0.1) is 17.1 Å². The molecule has 4 rings (SSSR count). The number of nitrogens with zero attached hydrogens (tertiary/aromatic N) is 3. The number of carbonyl (C=O) groups is 2. The van der Waals surface area contributed by atoms with Crippen LogP contribution in [0.2, 0.25) is 0 Å². The van der Waals surface area contributed by atoms with E-state index in [1.165, 1.54) is 34.4 Å². The summed E-state index contributed by atoms with van der Waals surface area (Å²) in [6.45, 7) is 7.46. The largest absolute Gasteiger partial charge is 0.483 e. The fraction of sp³-hybridized carbons (Fsp3) is 0.367. The van der Waals surface area contributed by atoms with Crippen LogP contribution in [0.25, 0.3) is 0 Å². The highest BCUT2D eigenvalue weighted by atomic mass is 32.1. The number of fused-ring (bicyclic) bond motifs is 1. The summed E-state index contributed by atoms with van der Waals surface area (Å²) in [5.41, 5.74) is 3.34. The first-order valence-electron chi connectivity index (χ1n) is 13.8. The summed E-state index contributed by atoms with van der Waals surface area (Å²) in [7, 11) is 0. The fourth-order valence-corrected chi connectivity index (χ4v) is 5.98. The van der Waals surface area contributed by atoms with E-state index < -0.39 is 10.8 Å². The molecule has 1 amide bonds. The van der Waals surface area contributed by atoms with Crippen LogP contribution in [0.1, 0.15) is 60.0 Å². The lowest BCUT2D eigenvalue weighted by molar-refractivity contribution is -0.384. The molecule has 1 aromatic heterocycles. The highest BCUT2D eigenvalue weighted by Crippen LogP contribution is 2.40. The van der Waals surface area contributed by atoms with Crippen molar-refractivity contribution in [1.82, 2.24) is 0 Å². The van der Waals surface area contributed by atoms with E-state index in [-0.39, 0.29) is 24.9 Å². The summed E-state index contributed by atoms with van der Waals surface area (Å²) in [5.74, 6) is -0.367. The van der Waals surface area contributed by atoms with Crippen LogP contribution in [0.4, 0.5) is 22.1 Å². The topological polar surface area (TPSA) is 123 Å². The van der Waals surface area contributed by atoms with Crippen LogP contribution < -0.4 is 15.0 Å². The van der Waals surface area contributed by atoms with Gasteiger partial charge >= 0.3 is 5.97 Å². The second kappa shape index (κ2) is 13.9. The number of anilines is 2. The molecule has 216 valence electrons. The molecule has 0 saturated carbocycles. The summed E-state index contributed by atoms with van der Waals surface area (Å²) < 4.78 is 11.3. The molecule has 1 N–H and O–H groups in total. The molecule has 11 heteroatoms. The number of aliphatic imine (C=N–C) groups is 1. The third-order valence-corrected chi connectivity index (χ3v) is 7.98. The highest BCUT2D eigenvalue weighted by molar-refractivity contribution is 7.16. The number of aryl methyl sites for hydroxylation is 1. The molecular formula is C30H34N4O6S. The first kappa shape index (κ1) is 29.7. The molecule has 1 aliphatic rings. The van der Waals surface area contributed by atoms with Crippen LogP contribution in [0.5, 0.6) is 5.75 Å². The summed E-state index contributed by atoms with van der Waals surface area (Å²) in [6.07, 6.45) is 5.53. The normalized spacial score (nSPS) is 12.6. The van der Waals surface area contributed by atoms with Crippen LogP contribution in [-0.4, -0.2) is 49.3 Å². The Labute approximate surface area is 243 Å². The summed E-state index contributed by atoms with van der Waals surface area (Å²) in [6, 6.07) is 11.4. The number of non-ortho nitro benzene ring substituents is 1. The lowest BCUT2D eigenvalue weighted by Gasteiger charge is -2.22. The van der Waals surface area contributed by atoms with E-state index in [9.17, 15) is 19.7 Å². The molecule has 1 aliphatic carbocycles. The Morgan fingerprint density at radius 1 is 1.12 bits per heavy atom. The summed E-state index contributed by atoms with van der Waals surface area (Å²) in [5, 5.41) is 14.3. The molecule has 41 heavy (non-hydrogen) atoms. The predicted molar refractivity (Wildman–Crippen MR) is 161 cm³/mol. The number of amides is 1. The second-order valence-electron chi connectivity index (χ2n) is 9.41. The Kier molecular flexibility index (Phi) is 10.1. The monoisotopic (exact) mass is 578 g/mol. The van der Waals surface area contributed by atoms with E-state index in [0.29, 0.717) is 27.6 Å². The Morgan fingerprint density at radius 3 is 2.63 bits per heavy atom. The quantitative estimate of drug-likeness (QED) is 0.115. The predicted octanol–water partition coefficient (Wildman–Crippen LogP) is 6.33. The van der Waals surface area contributed by atoms with Crippen molar-refractivity contribution in [3.8, 4) is 5.75 Å². The van der Waals surface area contributed by atoms with Gasteiger partial charge in [0.15, 0.2) is 6.61 Å². The molecule has 10 nitrogen and oxygen atoms in total. The maximum absolute atomic E-state index is 12.8. The number of hydrogen-bond donors (Lipinski definition) is 1. The van der Waals surface area contributed by atoms with Gasteiger partial charge < -0.3 is 19.7 Å². The van der Waals surface area contributed by atoms with E-state index in [0.717, 1.165) is 50.0 Å². The molecule has 3 aromatic rings. The number of thiophene rings is 1. The molecule has 0 atom stereocenters. The second-order valence-corrected chi connectivity index (χ2v) is 10.5. The maximum Gasteiger partial charge on any atom is 0.341 e. The number of rotatable bonds is 12. The molecule has 0 spiro atoms. The van der Waals surface area contributed by atoms with Crippen molar-refractivity contribution < 1.29 is 24.0 Å². The minimum Gasteiger partial charge on any atom is -0.483 e. The van der Waals surface area contributed by atoms with Gasteiger partial charge in [-0.1, -0.05) is 6.07 Å². The van der Waals surface area contributed by atoms with E-state index in [2.05, 4.69) is 24.1 Å². The number of carbonyl (C=O) groups excluding carboxylic acids is 2. The summed E-state index contributed by atoms with van der Waals surface area (Å²) in [4.78, 5) is 44.1. The third-order valence-electron chi connectivity index (χ3n) is 6.78. The first-order valence-corrected chi connectivity index (χ1v) is 14.6. The van der Waals surface area contributed by atoms with Crippen molar-refractivity contribution in [2.45, 2.75) is 46.5 Å². The van der Waals surface area contributed by atoms with Gasteiger partial charge in [-0.3, -0.25) is 14.9 Å². The van der Waals surface area contributed by atoms with Crippen molar-refractivity contribution in [2.24, 2.45) is 4.99 Å². The molecule has 0 radical (unpaired) electrons. The molecule has 0 saturated heterocycles. The zero-order valence-electron chi connectivity index (χ0n) is 23.5. The molecule has 0 fully saturated rings. The number of esters is 1. The number of hydrogen-bond acceptors (Lipinski definition) is 9. The Bertz CT molecular complexity index is 1450.